The van der Waals surface area contributed by atoms with E-state index in [0.29, 0.717) is 22.0 Å². The zero-order valence-corrected chi connectivity index (χ0v) is 15.4. The number of thiophene rings is 1. The Labute approximate surface area is 158 Å². The summed E-state index contributed by atoms with van der Waals surface area (Å²) >= 11 is 1.37. The average Bonchev–Trinajstić information content (AvgIpc) is 3.19. The molecule has 10 heteroatoms. The van der Waals surface area contributed by atoms with Gasteiger partial charge < -0.3 is 21.1 Å². The van der Waals surface area contributed by atoms with E-state index in [1.807, 2.05) is 0 Å². The maximum Gasteiger partial charge on any atom is 0.271 e. The van der Waals surface area contributed by atoms with Crippen LogP contribution < -0.4 is 21.1 Å². The van der Waals surface area contributed by atoms with Crippen LogP contribution in [0.2, 0.25) is 0 Å². The van der Waals surface area contributed by atoms with Crippen molar-refractivity contribution < 1.29 is 19.2 Å². The number of aryl methyl sites for hydroxylation is 1. The van der Waals surface area contributed by atoms with E-state index >= 15 is 0 Å². The third-order valence-electron chi connectivity index (χ3n) is 4.25. The third-order valence-corrected chi connectivity index (χ3v) is 5.46. The number of fused-ring (bicyclic) bond motifs is 1. The summed E-state index contributed by atoms with van der Waals surface area (Å²) in [6.07, 6.45) is 2.63. The summed E-state index contributed by atoms with van der Waals surface area (Å²) in [6, 6.07) is 4.06. The van der Waals surface area contributed by atoms with Crippen LogP contribution in [0, 0.1) is 10.1 Å². The molecular weight excluding hydrogens is 372 g/mol. The van der Waals surface area contributed by atoms with Crippen molar-refractivity contribution in [3.8, 4) is 5.75 Å². The number of carbonyl (C=O) groups is 2. The number of anilines is 2. The molecule has 2 amide bonds. The van der Waals surface area contributed by atoms with Crippen molar-refractivity contribution in [3.63, 3.8) is 0 Å². The van der Waals surface area contributed by atoms with Gasteiger partial charge in [-0.05, 0) is 30.9 Å². The Kier molecular flexibility index (Phi) is 5.26. The van der Waals surface area contributed by atoms with Gasteiger partial charge in [0.25, 0.3) is 11.6 Å². The number of hydrogen-bond acceptors (Lipinski definition) is 7. The van der Waals surface area contributed by atoms with Gasteiger partial charge in [-0.15, -0.1) is 11.3 Å². The van der Waals surface area contributed by atoms with Gasteiger partial charge in [0.15, 0.2) is 0 Å². The lowest BCUT2D eigenvalue weighted by Crippen LogP contribution is -2.23. The van der Waals surface area contributed by atoms with E-state index in [-0.39, 0.29) is 12.2 Å². The summed E-state index contributed by atoms with van der Waals surface area (Å²) in [6.45, 7) is -0.154. The Morgan fingerprint density at radius 1 is 1.37 bits per heavy atom. The summed E-state index contributed by atoms with van der Waals surface area (Å²) in [5, 5.41) is 16.9. The second-order valence-corrected chi connectivity index (χ2v) is 7.07. The number of primary amides is 1. The largest absolute Gasteiger partial charge is 0.495 e. The van der Waals surface area contributed by atoms with Crippen molar-refractivity contribution in [2.75, 3.05) is 24.3 Å². The molecule has 0 saturated carbocycles. The molecule has 0 atom stereocenters. The first-order valence-electron chi connectivity index (χ1n) is 8.21. The highest BCUT2D eigenvalue weighted by Gasteiger charge is 2.26. The number of benzene rings is 1. The van der Waals surface area contributed by atoms with Crippen LogP contribution in [-0.4, -0.2) is 30.4 Å². The SMILES string of the molecule is COc1ccc([N+](=O)[O-])cc1NCC(=O)Nc1sc2c(c1C(N)=O)CCC2. The van der Waals surface area contributed by atoms with Gasteiger partial charge in [0, 0.05) is 17.0 Å². The van der Waals surface area contributed by atoms with Crippen LogP contribution in [0.4, 0.5) is 16.4 Å². The molecule has 3 rings (SSSR count). The zero-order chi connectivity index (χ0) is 19.6. The number of nitrogens with two attached hydrogens (primary N) is 1. The number of nitro groups is 1. The highest BCUT2D eigenvalue weighted by Crippen LogP contribution is 2.38. The van der Waals surface area contributed by atoms with Gasteiger partial charge in [0.2, 0.25) is 5.91 Å². The van der Waals surface area contributed by atoms with Gasteiger partial charge >= 0.3 is 0 Å². The fraction of sp³-hybridized carbons (Fsp3) is 0.294. The van der Waals surface area contributed by atoms with Crippen molar-refractivity contribution >= 4 is 39.5 Å². The van der Waals surface area contributed by atoms with Crippen molar-refractivity contribution in [1.29, 1.82) is 0 Å². The lowest BCUT2D eigenvalue weighted by Gasteiger charge is -2.11. The summed E-state index contributed by atoms with van der Waals surface area (Å²) in [4.78, 5) is 35.5. The summed E-state index contributed by atoms with van der Waals surface area (Å²) in [5.74, 6) is -0.578. The molecule has 4 N–H and O–H groups in total. The Morgan fingerprint density at radius 2 is 2.15 bits per heavy atom. The molecule has 1 aromatic heterocycles. The van der Waals surface area contributed by atoms with Crippen LogP contribution in [0.1, 0.15) is 27.2 Å². The second-order valence-electron chi connectivity index (χ2n) is 5.97. The fourth-order valence-electron chi connectivity index (χ4n) is 3.05. The molecule has 1 heterocycles. The lowest BCUT2D eigenvalue weighted by atomic mass is 10.1. The number of hydrogen-bond donors (Lipinski definition) is 3. The van der Waals surface area contributed by atoms with E-state index in [4.69, 9.17) is 10.5 Å². The molecule has 1 aliphatic carbocycles. The first kappa shape index (κ1) is 18.6. The molecule has 0 fully saturated rings. The van der Waals surface area contributed by atoms with Gasteiger partial charge in [-0.1, -0.05) is 0 Å². The normalized spacial score (nSPS) is 12.3. The maximum atomic E-state index is 12.3. The molecule has 9 nitrogen and oxygen atoms in total. The van der Waals surface area contributed by atoms with E-state index in [9.17, 15) is 19.7 Å². The van der Waals surface area contributed by atoms with Crippen molar-refractivity contribution in [3.05, 3.63) is 44.3 Å². The number of methoxy groups -OCH3 is 1. The van der Waals surface area contributed by atoms with Gasteiger partial charge in [-0.2, -0.15) is 0 Å². The van der Waals surface area contributed by atoms with Crippen LogP contribution in [-0.2, 0) is 17.6 Å². The number of carbonyl (C=O) groups excluding carboxylic acids is 2. The predicted octanol–water partition coefficient (Wildman–Crippen LogP) is 2.30. The molecule has 27 heavy (non-hydrogen) atoms. The average molecular weight is 390 g/mol. The van der Waals surface area contributed by atoms with Crippen molar-refractivity contribution in [1.82, 2.24) is 0 Å². The first-order chi connectivity index (χ1) is 12.9. The predicted molar refractivity (Wildman–Crippen MR) is 102 cm³/mol. The summed E-state index contributed by atoms with van der Waals surface area (Å²) in [7, 11) is 1.43. The number of ether oxygens (including phenoxy) is 1. The number of nitrogens with zero attached hydrogens (tertiary/aromatic N) is 1. The Balaban J connectivity index is 1.72. The number of amides is 2. The molecule has 2 aromatic rings. The van der Waals surface area contributed by atoms with Crippen LogP contribution in [0.5, 0.6) is 5.75 Å². The van der Waals surface area contributed by atoms with Crippen LogP contribution in [0.25, 0.3) is 0 Å². The molecular formula is C17H18N4O5S. The smallest absolute Gasteiger partial charge is 0.271 e. The Morgan fingerprint density at radius 3 is 2.81 bits per heavy atom. The monoisotopic (exact) mass is 390 g/mol. The van der Waals surface area contributed by atoms with Crippen LogP contribution >= 0.6 is 11.3 Å². The molecule has 0 bridgehead atoms. The number of nitrogens with one attached hydrogen (secondary N) is 2. The maximum absolute atomic E-state index is 12.3. The van der Waals surface area contributed by atoms with E-state index in [2.05, 4.69) is 10.6 Å². The molecule has 0 saturated heterocycles. The number of nitro benzene ring substituents is 1. The quantitative estimate of drug-likeness (QED) is 0.490. The van der Waals surface area contributed by atoms with Crippen molar-refractivity contribution in [2.24, 2.45) is 5.73 Å². The topological polar surface area (TPSA) is 137 Å². The first-order valence-corrected chi connectivity index (χ1v) is 9.03. The van der Waals surface area contributed by atoms with Gasteiger partial charge in [-0.25, -0.2) is 0 Å². The standard InChI is InChI=1S/C17H18N4O5S/c1-26-12-6-5-9(21(24)25)7-11(12)19-8-14(22)20-17-15(16(18)23)10-3-2-4-13(10)27-17/h5-7,19H,2-4,8H2,1H3,(H2,18,23)(H,20,22). The minimum atomic E-state index is -0.557. The van der Waals surface area contributed by atoms with Crippen molar-refractivity contribution in [2.45, 2.75) is 19.3 Å². The molecule has 0 unspecified atom stereocenters. The highest BCUT2D eigenvalue weighted by molar-refractivity contribution is 7.17. The molecule has 1 aliphatic rings. The van der Waals surface area contributed by atoms with E-state index < -0.39 is 16.7 Å². The summed E-state index contributed by atoms with van der Waals surface area (Å²) < 4.78 is 5.15. The Bertz CT molecular complexity index is 924. The number of non-ortho nitro benzene ring substituents is 1. The fourth-order valence-corrected chi connectivity index (χ4v) is 4.36. The van der Waals surface area contributed by atoms with E-state index in [1.54, 1.807) is 0 Å². The molecule has 0 radical (unpaired) electrons. The molecule has 1 aromatic carbocycles. The Hall–Kier alpha value is -3.14. The lowest BCUT2D eigenvalue weighted by molar-refractivity contribution is -0.384. The van der Waals surface area contributed by atoms with Gasteiger partial charge in [0.1, 0.15) is 10.8 Å². The second kappa shape index (κ2) is 7.62. The molecule has 0 spiro atoms. The highest BCUT2D eigenvalue weighted by atomic mass is 32.1. The molecule has 142 valence electrons. The number of rotatable bonds is 7. The van der Waals surface area contributed by atoms with E-state index in [1.165, 1.54) is 36.6 Å². The van der Waals surface area contributed by atoms with E-state index in [0.717, 1.165) is 29.7 Å². The minimum Gasteiger partial charge on any atom is -0.495 e. The van der Waals surface area contributed by atoms with Crippen LogP contribution in [0.15, 0.2) is 18.2 Å². The zero-order valence-electron chi connectivity index (χ0n) is 14.5. The van der Waals surface area contributed by atoms with Gasteiger partial charge in [-0.3, -0.25) is 19.7 Å². The van der Waals surface area contributed by atoms with Gasteiger partial charge in [0.05, 0.1) is 29.8 Å². The summed E-state index contributed by atoms with van der Waals surface area (Å²) in [5.41, 5.74) is 6.99. The minimum absolute atomic E-state index is 0.121. The third kappa shape index (κ3) is 3.85. The van der Waals surface area contributed by atoms with Crippen LogP contribution in [0.3, 0.4) is 0 Å². The molecule has 0 aliphatic heterocycles.